The molecule has 0 aliphatic carbocycles. The largest absolute Gasteiger partial charge is 0.494 e. The van der Waals surface area contributed by atoms with Crippen LogP contribution in [0, 0.1) is 0 Å². The molecule has 0 radical (unpaired) electrons. The van der Waals surface area contributed by atoms with E-state index in [1.807, 2.05) is 0 Å². The summed E-state index contributed by atoms with van der Waals surface area (Å²) in [5.41, 5.74) is 4.43. The van der Waals surface area contributed by atoms with Gasteiger partial charge in [0.25, 0.3) is 0 Å². The number of benzene rings is 1. The molecule has 1 fully saturated rings. The first-order chi connectivity index (χ1) is 13.1. The van der Waals surface area contributed by atoms with Crippen LogP contribution in [0.3, 0.4) is 0 Å². The number of ether oxygens (including phenoxy) is 2. The first kappa shape index (κ1) is 18.0. The van der Waals surface area contributed by atoms with Gasteiger partial charge in [-0.3, -0.25) is 9.97 Å². The lowest BCUT2D eigenvalue weighted by molar-refractivity contribution is -0.00521. The molecule has 140 valence electrons. The molecule has 3 heterocycles. The highest BCUT2D eigenvalue weighted by Gasteiger charge is 2.22. The molecule has 1 aromatic carbocycles. The van der Waals surface area contributed by atoms with Crippen LogP contribution in [0.4, 0.5) is 5.69 Å². The zero-order valence-electron chi connectivity index (χ0n) is 15.6. The smallest absolute Gasteiger partial charge is 0.156 e. The summed E-state index contributed by atoms with van der Waals surface area (Å²) >= 11 is 6.24. The maximum atomic E-state index is 6.24. The van der Waals surface area contributed by atoms with Gasteiger partial charge < -0.3 is 14.4 Å². The van der Waals surface area contributed by atoms with Crippen molar-refractivity contribution < 1.29 is 9.47 Å². The molecule has 0 spiro atoms. The van der Waals surface area contributed by atoms with Crippen molar-refractivity contribution in [1.82, 2.24) is 9.97 Å². The first-order valence-electron chi connectivity index (χ1n) is 9.05. The van der Waals surface area contributed by atoms with E-state index in [4.69, 9.17) is 21.1 Å². The Morgan fingerprint density at radius 3 is 2.41 bits per heavy atom. The molecule has 1 aliphatic rings. The lowest BCUT2D eigenvalue weighted by Crippen LogP contribution is -2.45. The van der Waals surface area contributed by atoms with Gasteiger partial charge in [-0.05, 0) is 37.6 Å². The maximum absolute atomic E-state index is 6.24. The monoisotopic (exact) mass is 383 g/mol. The van der Waals surface area contributed by atoms with Crippen LogP contribution in [0.1, 0.15) is 13.8 Å². The molecule has 2 atom stereocenters. The summed E-state index contributed by atoms with van der Waals surface area (Å²) in [4.78, 5) is 11.3. The second-order valence-electron chi connectivity index (χ2n) is 6.90. The molecule has 0 saturated carbocycles. The fraction of sp³-hybridized carbons (Fsp3) is 0.333. The predicted molar refractivity (Wildman–Crippen MR) is 109 cm³/mol. The van der Waals surface area contributed by atoms with Gasteiger partial charge in [-0.1, -0.05) is 23.7 Å². The van der Waals surface area contributed by atoms with Gasteiger partial charge in [0.1, 0.15) is 11.0 Å². The molecule has 0 amide bonds. The Balaban J connectivity index is 1.70. The zero-order chi connectivity index (χ0) is 19.0. The lowest BCUT2D eigenvalue weighted by Gasteiger charge is -2.36. The van der Waals surface area contributed by atoms with Gasteiger partial charge in [0.05, 0.1) is 24.3 Å². The predicted octanol–water partition coefficient (Wildman–Crippen LogP) is 4.57. The number of halogens is 1. The third-order valence-electron chi connectivity index (χ3n) is 4.82. The molecule has 2 aromatic heterocycles. The maximum Gasteiger partial charge on any atom is 0.156 e. The summed E-state index contributed by atoms with van der Waals surface area (Å²) in [5.74, 6) is 0.684. The third-order valence-corrected chi connectivity index (χ3v) is 5.13. The number of hydrogen-bond acceptors (Lipinski definition) is 5. The number of hydrogen-bond donors (Lipinski definition) is 0. The Bertz CT molecular complexity index is 952. The van der Waals surface area contributed by atoms with Crippen molar-refractivity contribution in [1.29, 1.82) is 0 Å². The molecule has 6 heteroatoms. The number of aromatic nitrogens is 2. The first-order valence-corrected chi connectivity index (χ1v) is 9.42. The molecular weight excluding hydrogens is 362 g/mol. The van der Waals surface area contributed by atoms with Crippen LogP contribution < -0.4 is 9.64 Å². The van der Waals surface area contributed by atoms with E-state index in [0.29, 0.717) is 21.8 Å². The lowest BCUT2D eigenvalue weighted by atomic mass is 10.0. The fourth-order valence-electron chi connectivity index (χ4n) is 3.69. The number of anilines is 1. The number of nitrogens with zero attached hydrogens (tertiary/aromatic N) is 3. The number of fused-ring (bicyclic) bond motifs is 1. The van der Waals surface area contributed by atoms with Crippen LogP contribution in [0.15, 0.2) is 42.7 Å². The molecule has 0 N–H and O–H groups in total. The third kappa shape index (κ3) is 3.45. The van der Waals surface area contributed by atoms with Crippen molar-refractivity contribution in [3.63, 3.8) is 0 Å². The highest BCUT2D eigenvalue weighted by Crippen LogP contribution is 2.37. The second-order valence-corrected chi connectivity index (χ2v) is 7.31. The summed E-state index contributed by atoms with van der Waals surface area (Å²) in [5, 5.41) is 0.566. The molecule has 3 aromatic rings. The van der Waals surface area contributed by atoms with Gasteiger partial charge in [-0.25, -0.2) is 0 Å². The summed E-state index contributed by atoms with van der Waals surface area (Å²) in [6.45, 7) is 6.02. The molecule has 1 saturated heterocycles. The molecule has 0 bridgehead atoms. The van der Waals surface area contributed by atoms with Crippen molar-refractivity contribution in [2.45, 2.75) is 26.1 Å². The van der Waals surface area contributed by atoms with Crippen LogP contribution in [0.2, 0.25) is 5.02 Å². The Morgan fingerprint density at radius 2 is 1.74 bits per heavy atom. The van der Waals surface area contributed by atoms with Crippen LogP contribution in [0.5, 0.6) is 5.75 Å². The van der Waals surface area contributed by atoms with E-state index >= 15 is 0 Å². The number of morpholine rings is 1. The van der Waals surface area contributed by atoms with E-state index < -0.39 is 0 Å². The average molecular weight is 384 g/mol. The number of rotatable bonds is 3. The molecule has 0 unspecified atom stereocenters. The van der Waals surface area contributed by atoms with E-state index in [-0.39, 0.29) is 12.2 Å². The van der Waals surface area contributed by atoms with Crippen LogP contribution in [0.25, 0.3) is 22.2 Å². The molecule has 1 aliphatic heterocycles. The van der Waals surface area contributed by atoms with E-state index in [9.17, 15) is 0 Å². The second kappa shape index (κ2) is 7.33. The Hall–Kier alpha value is -2.37. The molecular formula is C21H22ClN3O2. The van der Waals surface area contributed by atoms with Crippen molar-refractivity contribution in [2.24, 2.45) is 0 Å². The molecule has 5 nitrogen and oxygen atoms in total. The normalized spacial score (nSPS) is 20.1. The quantitative estimate of drug-likeness (QED) is 0.662. The highest BCUT2D eigenvalue weighted by atomic mass is 35.5. The van der Waals surface area contributed by atoms with Crippen LogP contribution in [-0.2, 0) is 4.74 Å². The number of pyridine rings is 2. The minimum absolute atomic E-state index is 0.231. The topological polar surface area (TPSA) is 47.5 Å². The molecule has 27 heavy (non-hydrogen) atoms. The Morgan fingerprint density at radius 1 is 1.04 bits per heavy atom. The van der Waals surface area contributed by atoms with Crippen LogP contribution in [-0.4, -0.2) is 42.4 Å². The summed E-state index contributed by atoms with van der Waals surface area (Å²) < 4.78 is 11.5. The standard InChI is InChI=1S/C21H22ClN3O2/c1-13-11-25(12-14(2)27-13)16-6-4-15(5-7-16)17-10-24-19-18(22)8-9-23-20(19)21(17)26-3/h4-10,13-14H,11-12H2,1-3H3/t13-,14+. The summed E-state index contributed by atoms with van der Waals surface area (Å²) in [6, 6.07) is 10.2. The van der Waals surface area contributed by atoms with Crippen molar-refractivity contribution >= 4 is 28.3 Å². The van der Waals surface area contributed by atoms with Crippen molar-refractivity contribution in [3.8, 4) is 16.9 Å². The number of methoxy groups -OCH3 is 1. The van der Waals surface area contributed by atoms with E-state index in [0.717, 1.165) is 24.2 Å². The van der Waals surface area contributed by atoms with Crippen molar-refractivity contribution in [2.75, 3.05) is 25.1 Å². The van der Waals surface area contributed by atoms with Gasteiger partial charge in [0.2, 0.25) is 0 Å². The minimum Gasteiger partial charge on any atom is -0.494 e. The van der Waals surface area contributed by atoms with Gasteiger partial charge in [-0.15, -0.1) is 0 Å². The van der Waals surface area contributed by atoms with Gasteiger partial charge in [0, 0.05) is 36.7 Å². The van der Waals surface area contributed by atoms with Gasteiger partial charge >= 0.3 is 0 Å². The van der Waals surface area contributed by atoms with Gasteiger partial charge in [0.15, 0.2) is 5.75 Å². The fourth-order valence-corrected chi connectivity index (χ4v) is 3.88. The minimum atomic E-state index is 0.231. The Kier molecular flexibility index (Phi) is 4.89. The van der Waals surface area contributed by atoms with Crippen molar-refractivity contribution in [3.05, 3.63) is 47.7 Å². The van der Waals surface area contributed by atoms with E-state index in [1.165, 1.54) is 5.69 Å². The van der Waals surface area contributed by atoms with E-state index in [2.05, 4.69) is 53.0 Å². The average Bonchev–Trinajstić information content (AvgIpc) is 2.67. The highest BCUT2D eigenvalue weighted by molar-refractivity contribution is 6.35. The van der Waals surface area contributed by atoms with Gasteiger partial charge in [-0.2, -0.15) is 0 Å². The Labute approximate surface area is 163 Å². The zero-order valence-corrected chi connectivity index (χ0v) is 16.4. The summed E-state index contributed by atoms with van der Waals surface area (Å²) in [7, 11) is 1.64. The van der Waals surface area contributed by atoms with Crippen LogP contribution >= 0.6 is 11.6 Å². The summed E-state index contributed by atoms with van der Waals surface area (Å²) in [6.07, 6.45) is 3.92. The molecule has 4 rings (SSSR count). The van der Waals surface area contributed by atoms with E-state index in [1.54, 1.807) is 25.6 Å². The SMILES string of the molecule is COc1c(-c2ccc(N3C[C@@H](C)O[C@@H](C)C3)cc2)cnc2c(Cl)ccnc12.